The smallest absolute Gasteiger partial charge is 0.407 e. The summed E-state index contributed by atoms with van der Waals surface area (Å²) in [6, 6.07) is -0.292. The number of carbonyl (C=O) groups excluding carboxylic acids is 1. The minimum atomic E-state index is -0.562. The van der Waals surface area contributed by atoms with Crippen LogP contribution in [0, 0.1) is 11.3 Å². The average Bonchev–Trinajstić information content (AvgIpc) is 2.12. The van der Waals surface area contributed by atoms with Crippen molar-refractivity contribution in [2.45, 2.75) is 59.1 Å². The third-order valence-corrected chi connectivity index (χ3v) is 2.02. The van der Waals surface area contributed by atoms with Crippen LogP contribution in [0.15, 0.2) is 0 Å². The lowest BCUT2D eigenvalue weighted by atomic mass is 10.0. The molecule has 6 heteroatoms. The molecule has 106 valence electrons. The van der Waals surface area contributed by atoms with Crippen LogP contribution in [-0.2, 0) is 9.62 Å². The Bertz CT molecular complexity index is 284. The normalized spacial score (nSPS) is 13.1. The third kappa shape index (κ3) is 8.81. The molecule has 0 spiro atoms. The van der Waals surface area contributed by atoms with E-state index in [2.05, 4.69) is 10.2 Å². The number of hydrogen-bond donors (Lipinski definition) is 3. The van der Waals surface area contributed by atoms with E-state index in [4.69, 9.17) is 15.4 Å². The second-order valence-electron chi connectivity index (χ2n) is 5.69. The Morgan fingerprint density at radius 2 is 1.94 bits per heavy atom. The number of rotatable bonds is 5. The van der Waals surface area contributed by atoms with Crippen molar-refractivity contribution in [3.05, 3.63) is 0 Å². The minimum Gasteiger partial charge on any atom is -0.444 e. The Kier molecular flexibility index (Phi) is 6.68. The molecule has 0 unspecified atom stereocenters. The van der Waals surface area contributed by atoms with Crippen molar-refractivity contribution >= 4 is 12.0 Å². The molecule has 3 N–H and O–H groups in total. The summed E-state index contributed by atoms with van der Waals surface area (Å²) >= 11 is 0. The topological polar surface area (TPSA) is 91.6 Å². The molecule has 0 aliphatic rings. The molecule has 0 radical (unpaired) electrons. The van der Waals surface area contributed by atoms with Crippen molar-refractivity contribution in [2.75, 3.05) is 0 Å². The first-order valence-corrected chi connectivity index (χ1v) is 6.02. The van der Waals surface area contributed by atoms with Gasteiger partial charge in [-0.2, -0.15) is 0 Å². The highest BCUT2D eigenvalue weighted by molar-refractivity contribution is 5.74. The van der Waals surface area contributed by atoms with E-state index in [0.29, 0.717) is 12.3 Å². The van der Waals surface area contributed by atoms with Gasteiger partial charge in [0.25, 0.3) is 0 Å². The van der Waals surface area contributed by atoms with Crippen LogP contribution < -0.4 is 5.32 Å². The first-order chi connectivity index (χ1) is 8.14. The van der Waals surface area contributed by atoms with Crippen LogP contribution in [0.2, 0.25) is 0 Å². The summed E-state index contributed by atoms with van der Waals surface area (Å²) in [5.74, 6) is 0.0631. The van der Waals surface area contributed by atoms with Gasteiger partial charge < -0.3 is 14.9 Å². The molecule has 0 fully saturated rings. The SMILES string of the molecule is CC(C)C[C@@H](CC(=N)OO)NC(=O)OC(C)(C)C. The number of amides is 1. The number of nitrogens with one attached hydrogen (secondary N) is 2. The maximum absolute atomic E-state index is 11.6. The Morgan fingerprint density at radius 1 is 1.39 bits per heavy atom. The summed E-state index contributed by atoms with van der Waals surface area (Å²) in [6.07, 6.45) is 0.276. The van der Waals surface area contributed by atoms with E-state index in [1.54, 1.807) is 20.8 Å². The van der Waals surface area contributed by atoms with Gasteiger partial charge in [-0.15, -0.1) is 0 Å². The molecule has 0 heterocycles. The molecule has 18 heavy (non-hydrogen) atoms. The average molecular weight is 260 g/mol. The summed E-state index contributed by atoms with van der Waals surface area (Å²) in [7, 11) is 0. The van der Waals surface area contributed by atoms with Gasteiger partial charge in [0.1, 0.15) is 5.60 Å². The summed E-state index contributed by atoms with van der Waals surface area (Å²) in [6.45, 7) is 9.36. The molecule has 0 aromatic rings. The highest BCUT2D eigenvalue weighted by atomic mass is 17.1. The largest absolute Gasteiger partial charge is 0.444 e. The van der Waals surface area contributed by atoms with Crippen LogP contribution in [0.3, 0.4) is 0 Å². The van der Waals surface area contributed by atoms with Gasteiger partial charge in [0.2, 0.25) is 5.90 Å². The molecule has 0 saturated heterocycles. The van der Waals surface area contributed by atoms with E-state index in [9.17, 15) is 4.79 Å². The number of ether oxygens (including phenoxy) is 1. The second kappa shape index (κ2) is 7.20. The predicted octanol–water partition coefficient (Wildman–Crippen LogP) is 2.78. The van der Waals surface area contributed by atoms with Crippen LogP contribution in [0.4, 0.5) is 4.79 Å². The van der Waals surface area contributed by atoms with Crippen molar-refractivity contribution in [1.82, 2.24) is 5.32 Å². The van der Waals surface area contributed by atoms with Crippen LogP contribution in [0.5, 0.6) is 0 Å². The maximum Gasteiger partial charge on any atom is 0.407 e. The van der Waals surface area contributed by atoms with Crippen molar-refractivity contribution in [2.24, 2.45) is 5.92 Å². The summed E-state index contributed by atoms with van der Waals surface area (Å²) in [5.41, 5.74) is -0.562. The molecular formula is C12H24N2O4. The van der Waals surface area contributed by atoms with E-state index >= 15 is 0 Å². The highest BCUT2D eigenvalue weighted by Crippen LogP contribution is 2.11. The van der Waals surface area contributed by atoms with Crippen LogP contribution in [0.25, 0.3) is 0 Å². The lowest BCUT2D eigenvalue weighted by Crippen LogP contribution is -2.41. The van der Waals surface area contributed by atoms with Crippen molar-refractivity contribution in [1.29, 1.82) is 5.41 Å². The molecular weight excluding hydrogens is 236 g/mol. The molecule has 0 aromatic heterocycles. The van der Waals surface area contributed by atoms with Gasteiger partial charge >= 0.3 is 6.09 Å². The van der Waals surface area contributed by atoms with E-state index in [-0.39, 0.29) is 18.4 Å². The number of hydrogen-bond acceptors (Lipinski definition) is 5. The van der Waals surface area contributed by atoms with Gasteiger partial charge in [-0.05, 0) is 33.1 Å². The monoisotopic (exact) mass is 260 g/mol. The van der Waals surface area contributed by atoms with Gasteiger partial charge in [0, 0.05) is 12.5 Å². The van der Waals surface area contributed by atoms with Gasteiger partial charge in [-0.1, -0.05) is 13.8 Å². The lowest BCUT2D eigenvalue weighted by Gasteiger charge is -2.24. The Labute approximate surface area is 108 Å². The minimum absolute atomic E-state index is 0.133. The molecule has 0 rings (SSSR count). The van der Waals surface area contributed by atoms with Crippen LogP contribution in [0.1, 0.15) is 47.5 Å². The Balaban J connectivity index is 4.39. The number of carbonyl (C=O) groups is 1. The fourth-order valence-electron chi connectivity index (χ4n) is 1.50. The fraction of sp³-hybridized carbons (Fsp3) is 0.833. The van der Waals surface area contributed by atoms with Crippen LogP contribution >= 0.6 is 0 Å². The van der Waals surface area contributed by atoms with Crippen molar-refractivity contribution < 1.29 is 19.7 Å². The van der Waals surface area contributed by atoms with Gasteiger partial charge in [0.15, 0.2) is 0 Å². The van der Waals surface area contributed by atoms with Gasteiger partial charge in [0.05, 0.1) is 0 Å². The Morgan fingerprint density at radius 3 is 2.33 bits per heavy atom. The molecule has 1 amide bonds. The molecule has 0 aliphatic carbocycles. The zero-order valence-electron chi connectivity index (χ0n) is 11.7. The summed E-state index contributed by atoms with van der Waals surface area (Å²) < 4.78 is 5.14. The van der Waals surface area contributed by atoms with E-state index < -0.39 is 11.7 Å². The van der Waals surface area contributed by atoms with Gasteiger partial charge in [-0.3, -0.25) is 5.41 Å². The first kappa shape index (κ1) is 16.7. The fourth-order valence-corrected chi connectivity index (χ4v) is 1.50. The van der Waals surface area contributed by atoms with Crippen molar-refractivity contribution in [3.8, 4) is 0 Å². The van der Waals surface area contributed by atoms with E-state index in [0.717, 1.165) is 0 Å². The highest BCUT2D eigenvalue weighted by Gasteiger charge is 2.21. The predicted molar refractivity (Wildman–Crippen MR) is 68.7 cm³/mol. The quantitative estimate of drug-likeness (QED) is 0.307. The summed E-state index contributed by atoms with van der Waals surface area (Å²) in [4.78, 5) is 15.4. The van der Waals surface area contributed by atoms with Gasteiger partial charge in [-0.25, -0.2) is 10.1 Å². The summed E-state index contributed by atoms with van der Waals surface area (Å²) in [5, 5.41) is 18.3. The van der Waals surface area contributed by atoms with E-state index in [1.807, 2.05) is 13.8 Å². The maximum atomic E-state index is 11.6. The Hall–Kier alpha value is -1.30. The number of alkyl carbamates (subject to hydrolysis) is 1. The molecule has 0 bridgehead atoms. The molecule has 0 aromatic carbocycles. The lowest BCUT2D eigenvalue weighted by molar-refractivity contribution is -0.158. The standard InChI is InChI=1S/C12H24N2O4/c1-8(2)6-9(7-10(13)18-16)14-11(15)17-12(3,4)5/h8-9,13,16H,6-7H2,1-5H3,(H,14,15)/t9-/m0/s1. The zero-order chi connectivity index (χ0) is 14.3. The van der Waals surface area contributed by atoms with Crippen molar-refractivity contribution in [3.63, 3.8) is 0 Å². The molecule has 0 aliphatic heterocycles. The van der Waals surface area contributed by atoms with Crippen LogP contribution in [-0.4, -0.2) is 28.9 Å². The van der Waals surface area contributed by atoms with E-state index in [1.165, 1.54) is 0 Å². The molecule has 0 saturated carbocycles. The third-order valence-electron chi connectivity index (χ3n) is 2.02. The molecule has 1 atom stereocenters. The first-order valence-electron chi connectivity index (χ1n) is 6.02. The second-order valence-corrected chi connectivity index (χ2v) is 5.69. The molecule has 6 nitrogen and oxygen atoms in total. The zero-order valence-corrected chi connectivity index (χ0v) is 11.7.